The summed E-state index contributed by atoms with van der Waals surface area (Å²) in [7, 11) is 3.25. The zero-order valence-electron chi connectivity index (χ0n) is 16.9. The first-order valence-electron chi connectivity index (χ1n) is 9.75. The van der Waals surface area contributed by atoms with Crippen LogP contribution in [0.1, 0.15) is 24.8 Å². The molecule has 1 saturated heterocycles. The fourth-order valence-corrected chi connectivity index (χ4v) is 3.92. The van der Waals surface area contributed by atoms with E-state index in [0.29, 0.717) is 18.0 Å². The molecule has 0 aromatic heterocycles. The van der Waals surface area contributed by atoms with Crippen molar-refractivity contribution in [2.75, 3.05) is 39.2 Å². The lowest BCUT2D eigenvalue weighted by molar-refractivity contribution is -0.134. The van der Waals surface area contributed by atoms with Gasteiger partial charge in [0.25, 0.3) is 5.91 Å². The summed E-state index contributed by atoms with van der Waals surface area (Å²) in [6, 6.07) is 11.7. The Morgan fingerprint density at radius 1 is 1.10 bits per heavy atom. The summed E-state index contributed by atoms with van der Waals surface area (Å²) in [4.78, 5) is 14.3. The molecule has 2 aromatic rings. The Morgan fingerprint density at radius 2 is 1.90 bits per heavy atom. The third kappa shape index (κ3) is 5.79. The Kier molecular flexibility index (Phi) is 7.63. The van der Waals surface area contributed by atoms with Crippen LogP contribution in [0.4, 0.5) is 5.69 Å². The number of carbonyl (C=O) groups excluding carboxylic acids is 1. The van der Waals surface area contributed by atoms with E-state index in [-0.39, 0.29) is 12.5 Å². The highest BCUT2D eigenvalue weighted by molar-refractivity contribution is 9.10. The fraction of sp³-hybridized carbons (Fsp3) is 0.409. The Morgan fingerprint density at radius 3 is 2.62 bits per heavy atom. The maximum absolute atomic E-state index is 12.4. The molecule has 1 fully saturated rings. The maximum atomic E-state index is 12.4. The quantitative estimate of drug-likeness (QED) is 0.626. The molecule has 1 heterocycles. The minimum atomic E-state index is 0.0103. The number of nitrogens with one attached hydrogen (secondary N) is 1. The van der Waals surface area contributed by atoms with E-state index in [1.54, 1.807) is 14.2 Å². The molecule has 0 spiro atoms. The van der Waals surface area contributed by atoms with Crippen molar-refractivity contribution >= 4 is 27.5 Å². The number of methoxy groups -OCH3 is 2. The smallest absolute Gasteiger partial charge is 0.260 e. The van der Waals surface area contributed by atoms with Crippen LogP contribution in [-0.2, 0) is 11.3 Å². The van der Waals surface area contributed by atoms with Gasteiger partial charge in [-0.25, -0.2) is 0 Å². The summed E-state index contributed by atoms with van der Waals surface area (Å²) in [5.41, 5.74) is 1.98. The predicted molar refractivity (Wildman–Crippen MR) is 117 cm³/mol. The van der Waals surface area contributed by atoms with Gasteiger partial charge in [-0.1, -0.05) is 6.07 Å². The van der Waals surface area contributed by atoms with Gasteiger partial charge < -0.3 is 24.4 Å². The summed E-state index contributed by atoms with van der Waals surface area (Å²) in [5, 5.41) is 3.37. The molecule has 0 aliphatic carbocycles. The largest absolute Gasteiger partial charge is 0.497 e. The van der Waals surface area contributed by atoms with Crippen LogP contribution < -0.4 is 19.5 Å². The summed E-state index contributed by atoms with van der Waals surface area (Å²) >= 11 is 3.56. The van der Waals surface area contributed by atoms with Gasteiger partial charge in [0, 0.05) is 31.4 Å². The van der Waals surface area contributed by atoms with Crippen LogP contribution in [0.15, 0.2) is 40.9 Å². The van der Waals surface area contributed by atoms with Crippen molar-refractivity contribution in [3.63, 3.8) is 0 Å². The number of hydrogen-bond acceptors (Lipinski definition) is 5. The standard InChI is InChI=1S/C22H27BrN2O4/c1-27-18-8-6-7-17(13-18)24-14-16-11-19(23)22(20(12-16)28-2)29-15-21(26)25-9-4-3-5-10-25/h6-8,11-13,24H,3-5,9-10,14-15H2,1-2H3. The van der Waals surface area contributed by atoms with Crippen molar-refractivity contribution < 1.29 is 19.0 Å². The highest BCUT2D eigenvalue weighted by atomic mass is 79.9. The highest BCUT2D eigenvalue weighted by Gasteiger charge is 2.19. The Balaban J connectivity index is 1.64. The van der Waals surface area contributed by atoms with Crippen LogP contribution in [0.3, 0.4) is 0 Å². The second kappa shape index (κ2) is 10.4. The fourth-order valence-electron chi connectivity index (χ4n) is 3.32. The molecule has 3 rings (SSSR count). The molecular formula is C22H27BrN2O4. The van der Waals surface area contributed by atoms with Crippen molar-refractivity contribution in [3.8, 4) is 17.2 Å². The third-order valence-electron chi connectivity index (χ3n) is 4.90. The van der Waals surface area contributed by atoms with E-state index in [2.05, 4.69) is 21.2 Å². The lowest BCUT2D eigenvalue weighted by Gasteiger charge is -2.26. The summed E-state index contributed by atoms with van der Waals surface area (Å²) < 4.78 is 17.3. The molecule has 0 atom stereocenters. The van der Waals surface area contributed by atoms with Gasteiger partial charge in [0.15, 0.2) is 18.1 Å². The van der Waals surface area contributed by atoms with E-state index < -0.39 is 0 Å². The van der Waals surface area contributed by atoms with Gasteiger partial charge in [-0.05, 0) is 65.0 Å². The number of benzene rings is 2. The first-order valence-corrected chi connectivity index (χ1v) is 10.5. The number of amides is 1. The number of anilines is 1. The number of halogens is 1. The van der Waals surface area contributed by atoms with Crippen molar-refractivity contribution in [1.82, 2.24) is 4.90 Å². The molecule has 7 heteroatoms. The topological polar surface area (TPSA) is 60.0 Å². The monoisotopic (exact) mass is 462 g/mol. The van der Waals surface area contributed by atoms with E-state index in [4.69, 9.17) is 14.2 Å². The molecule has 2 aromatic carbocycles. The number of piperidine rings is 1. The first-order chi connectivity index (χ1) is 14.1. The molecule has 6 nitrogen and oxygen atoms in total. The number of nitrogens with zero attached hydrogens (tertiary/aromatic N) is 1. The van der Waals surface area contributed by atoms with Gasteiger partial charge in [-0.2, -0.15) is 0 Å². The van der Waals surface area contributed by atoms with Gasteiger partial charge in [0.2, 0.25) is 0 Å². The first kappa shape index (κ1) is 21.3. The van der Waals surface area contributed by atoms with Crippen LogP contribution in [0.2, 0.25) is 0 Å². The van der Waals surface area contributed by atoms with Crippen molar-refractivity contribution in [2.45, 2.75) is 25.8 Å². The van der Waals surface area contributed by atoms with E-state index in [1.165, 1.54) is 6.42 Å². The van der Waals surface area contributed by atoms with Crippen LogP contribution >= 0.6 is 15.9 Å². The molecule has 1 N–H and O–H groups in total. The number of rotatable bonds is 8. The molecule has 1 aliphatic heterocycles. The molecule has 1 aliphatic rings. The van der Waals surface area contributed by atoms with Crippen molar-refractivity contribution in [3.05, 3.63) is 46.4 Å². The second-order valence-electron chi connectivity index (χ2n) is 6.92. The highest BCUT2D eigenvalue weighted by Crippen LogP contribution is 2.37. The molecule has 29 heavy (non-hydrogen) atoms. The number of carbonyl (C=O) groups is 1. The second-order valence-corrected chi connectivity index (χ2v) is 7.78. The zero-order valence-corrected chi connectivity index (χ0v) is 18.5. The maximum Gasteiger partial charge on any atom is 0.260 e. The van der Waals surface area contributed by atoms with Gasteiger partial charge in [0.1, 0.15) is 5.75 Å². The zero-order chi connectivity index (χ0) is 20.6. The van der Waals surface area contributed by atoms with E-state index in [0.717, 1.165) is 47.4 Å². The summed E-state index contributed by atoms with van der Waals surface area (Å²) in [6.07, 6.45) is 3.32. The normalized spacial score (nSPS) is 13.7. The van der Waals surface area contributed by atoms with Gasteiger partial charge >= 0.3 is 0 Å². The Bertz CT molecular complexity index is 838. The molecule has 156 valence electrons. The number of ether oxygens (including phenoxy) is 3. The van der Waals surface area contributed by atoms with Crippen LogP contribution in [0.5, 0.6) is 17.2 Å². The minimum Gasteiger partial charge on any atom is -0.497 e. The molecule has 1 amide bonds. The lowest BCUT2D eigenvalue weighted by Crippen LogP contribution is -2.38. The van der Waals surface area contributed by atoms with E-state index in [9.17, 15) is 4.79 Å². The number of likely N-dealkylation sites (tertiary alicyclic amines) is 1. The lowest BCUT2D eigenvalue weighted by atomic mass is 10.1. The van der Waals surface area contributed by atoms with Crippen molar-refractivity contribution in [2.24, 2.45) is 0 Å². The van der Waals surface area contributed by atoms with Crippen LogP contribution in [0, 0.1) is 0 Å². The average Bonchev–Trinajstić information content (AvgIpc) is 2.77. The SMILES string of the molecule is COc1cccc(NCc2cc(Br)c(OCC(=O)N3CCCCC3)c(OC)c2)c1. The van der Waals surface area contributed by atoms with Crippen molar-refractivity contribution in [1.29, 1.82) is 0 Å². The molecule has 0 radical (unpaired) electrons. The average molecular weight is 463 g/mol. The van der Waals surface area contributed by atoms with Crippen LogP contribution in [0.25, 0.3) is 0 Å². The molecule has 0 unspecified atom stereocenters. The van der Waals surface area contributed by atoms with Crippen LogP contribution in [-0.4, -0.2) is 44.7 Å². The molecule has 0 bridgehead atoms. The Hall–Kier alpha value is -2.41. The predicted octanol–water partition coefficient (Wildman–Crippen LogP) is 4.47. The van der Waals surface area contributed by atoms with E-state index in [1.807, 2.05) is 41.3 Å². The van der Waals surface area contributed by atoms with Gasteiger partial charge in [0.05, 0.1) is 18.7 Å². The Labute approximate surface area is 180 Å². The van der Waals surface area contributed by atoms with Gasteiger partial charge in [-0.15, -0.1) is 0 Å². The summed E-state index contributed by atoms with van der Waals surface area (Å²) in [6.45, 7) is 2.25. The number of hydrogen-bond donors (Lipinski definition) is 1. The van der Waals surface area contributed by atoms with E-state index >= 15 is 0 Å². The third-order valence-corrected chi connectivity index (χ3v) is 5.49. The molecule has 0 saturated carbocycles. The van der Waals surface area contributed by atoms with Gasteiger partial charge in [-0.3, -0.25) is 4.79 Å². The summed E-state index contributed by atoms with van der Waals surface area (Å²) in [5.74, 6) is 1.95. The minimum absolute atomic E-state index is 0.0103. The molecular weight excluding hydrogens is 436 g/mol.